The van der Waals surface area contributed by atoms with Gasteiger partial charge in [-0.3, -0.25) is 9.59 Å². The van der Waals surface area contributed by atoms with Crippen molar-refractivity contribution in [1.82, 2.24) is 10.6 Å². The molecule has 0 spiro atoms. The lowest BCUT2D eigenvalue weighted by Crippen LogP contribution is -2.35. The van der Waals surface area contributed by atoms with Gasteiger partial charge in [0.1, 0.15) is 0 Å². The second kappa shape index (κ2) is 8.83. The molecule has 0 radical (unpaired) electrons. The summed E-state index contributed by atoms with van der Waals surface area (Å²) in [5.74, 6) is -0.262. The third kappa shape index (κ3) is 6.71. The number of aliphatic hydroxyl groups is 1. The van der Waals surface area contributed by atoms with Gasteiger partial charge in [-0.1, -0.05) is 41.0 Å². The average molecular weight is 334 g/mol. The van der Waals surface area contributed by atoms with Crippen LogP contribution < -0.4 is 10.6 Å². The van der Waals surface area contributed by atoms with Gasteiger partial charge in [0.2, 0.25) is 0 Å². The summed E-state index contributed by atoms with van der Waals surface area (Å²) in [6.07, 6.45) is 0.302. The Morgan fingerprint density at radius 3 is 1.92 bits per heavy atom. The summed E-state index contributed by atoms with van der Waals surface area (Å²) in [5, 5.41) is 15.5. The molecule has 3 N–H and O–H groups in total. The van der Waals surface area contributed by atoms with E-state index in [1.165, 1.54) is 0 Å². The minimum Gasteiger partial charge on any atom is -0.391 e. The van der Waals surface area contributed by atoms with E-state index in [2.05, 4.69) is 31.4 Å². The Bertz CT molecular complexity index is 547. The van der Waals surface area contributed by atoms with Crippen LogP contribution in [-0.2, 0) is 0 Å². The number of benzene rings is 1. The number of aliphatic hydroxyl groups excluding tert-OH is 1. The molecule has 2 atom stereocenters. The Labute approximate surface area is 144 Å². The Balaban J connectivity index is 2.57. The molecular formula is C19H30N2O3. The van der Waals surface area contributed by atoms with Crippen LogP contribution in [0.5, 0.6) is 0 Å². The quantitative estimate of drug-likeness (QED) is 0.717. The molecule has 5 nitrogen and oxygen atoms in total. The van der Waals surface area contributed by atoms with Crippen LogP contribution in [0.15, 0.2) is 24.3 Å². The monoisotopic (exact) mass is 334 g/mol. The second-order valence-corrected chi connectivity index (χ2v) is 7.48. The van der Waals surface area contributed by atoms with Crippen molar-refractivity contribution in [2.24, 2.45) is 11.3 Å². The standard InChI is InChI=1S/C19H30N2O3/c1-6-13(2)16(22)11-20-17(23)14-7-9-15(10-8-14)18(24)21-12-19(3,4)5/h7-10,13,16,22H,6,11-12H2,1-5H3,(H,20,23)(H,21,24). The summed E-state index contributed by atoms with van der Waals surface area (Å²) in [6.45, 7) is 10.9. The van der Waals surface area contributed by atoms with E-state index in [9.17, 15) is 14.7 Å². The van der Waals surface area contributed by atoms with Gasteiger partial charge in [-0.25, -0.2) is 0 Å². The van der Waals surface area contributed by atoms with Gasteiger partial charge in [0.25, 0.3) is 11.8 Å². The molecule has 1 aromatic carbocycles. The van der Waals surface area contributed by atoms with Gasteiger partial charge in [0.05, 0.1) is 6.10 Å². The maximum absolute atomic E-state index is 12.1. The van der Waals surface area contributed by atoms with E-state index in [1.807, 2.05) is 13.8 Å². The molecule has 0 bridgehead atoms. The molecule has 2 amide bonds. The Morgan fingerprint density at radius 1 is 1.04 bits per heavy atom. The number of amides is 2. The van der Waals surface area contributed by atoms with Gasteiger partial charge in [-0.15, -0.1) is 0 Å². The zero-order valence-corrected chi connectivity index (χ0v) is 15.3. The molecule has 0 aliphatic carbocycles. The number of carbonyl (C=O) groups is 2. The van der Waals surface area contributed by atoms with Crippen LogP contribution in [0.3, 0.4) is 0 Å². The average Bonchev–Trinajstić information content (AvgIpc) is 2.55. The number of nitrogens with one attached hydrogen (secondary N) is 2. The van der Waals surface area contributed by atoms with Gasteiger partial charge in [-0.05, 0) is 35.6 Å². The summed E-state index contributed by atoms with van der Waals surface area (Å²) in [7, 11) is 0. The van der Waals surface area contributed by atoms with E-state index < -0.39 is 6.10 Å². The van der Waals surface area contributed by atoms with Gasteiger partial charge in [-0.2, -0.15) is 0 Å². The lowest BCUT2D eigenvalue weighted by atomic mass is 9.97. The van der Waals surface area contributed by atoms with Crippen molar-refractivity contribution in [3.63, 3.8) is 0 Å². The van der Waals surface area contributed by atoms with Crippen molar-refractivity contribution in [3.05, 3.63) is 35.4 Å². The van der Waals surface area contributed by atoms with E-state index in [0.717, 1.165) is 6.42 Å². The summed E-state index contributed by atoms with van der Waals surface area (Å²) in [6, 6.07) is 6.52. The van der Waals surface area contributed by atoms with Crippen LogP contribution in [0, 0.1) is 11.3 Å². The normalized spacial score (nSPS) is 13.9. The van der Waals surface area contributed by atoms with Crippen LogP contribution in [0.1, 0.15) is 61.8 Å². The minimum absolute atomic E-state index is 0.0198. The molecule has 24 heavy (non-hydrogen) atoms. The van der Waals surface area contributed by atoms with Crippen molar-refractivity contribution < 1.29 is 14.7 Å². The summed E-state index contributed by atoms with van der Waals surface area (Å²) < 4.78 is 0. The Hall–Kier alpha value is -1.88. The third-order valence-electron chi connectivity index (χ3n) is 3.96. The van der Waals surface area contributed by atoms with E-state index in [0.29, 0.717) is 17.7 Å². The molecule has 0 heterocycles. The van der Waals surface area contributed by atoms with Gasteiger partial charge in [0.15, 0.2) is 0 Å². The Kier molecular flexibility index (Phi) is 7.42. The minimum atomic E-state index is -0.554. The lowest BCUT2D eigenvalue weighted by Gasteiger charge is -2.19. The Morgan fingerprint density at radius 2 is 1.50 bits per heavy atom. The van der Waals surface area contributed by atoms with E-state index in [-0.39, 0.29) is 29.7 Å². The van der Waals surface area contributed by atoms with Crippen molar-refractivity contribution in [2.75, 3.05) is 13.1 Å². The number of hydrogen-bond acceptors (Lipinski definition) is 3. The molecular weight excluding hydrogens is 304 g/mol. The first-order valence-electron chi connectivity index (χ1n) is 8.48. The molecule has 5 heteroatoms. The van der Waals surface area contributed by atoms with Crippen molar-refractivity contribution >= 4 is 11.8 Å². The first-order valence-corrected chi connectivity index (χ1v) is 8.48. The van der Waals surface area contributed by atoms with Crippen LogP contribution in [0.4, 0.5) is 0 Å². The van der Waals surface area contributed by atoms with Crippen LogP contribution in [0.25, 0.3) is 0 Å². The first-order chi connectivity index (χ1) is 11.1. The second-order valence-electron chi connectivity index (χ2n) is 7.48. The highest BCUT2D eigenvalue weighted by molar-refractivity contribution is 5.97. The molecule has 0 fully saturated rings. The summed E-state index contributed by atoms with van der Waals surface area (Å²) in [4.78, 5) is 24.1. The van der Waals surface area contributed by atoms with Gasteiger partial charge < -0.3 is 15.7 Å². The van der Waals surface area contributed by atoms with Crippen LogP contribution in [0.2, 0.25) is 0 Å². The van der Waals surface area contributed by atoms with E-state index >= 15 is 0 Å². The number of rotatable bonds is 7. The largest absolute Gasteiger partial charge is 0.391 e. The first kappa shape index (κ1) is 20.2. The molecule has 134 valence electrons. The summed E-state index contributed by atoms with van der Waals surface area (Å²) in [5.41, 5.74) is 1.01. The molecule has 1 rings (SSSR count). The van der Waals surface area contributed by atoms with Crippen molar-refractivity contribution in [2.45, 2.75) is 47.1 Å². The molecule has 2 unspecified atom stereocenters. The molecule has 0 saturated heterocycles. The predicted molar refractivity (Wildman–Crippen MR) is 96.0 cm³/mol. The van der Waals surface area contributed by atoms with Gasteiger partial charge in [0, 0.05) is 24.2 Å². The van der Waals surface area contributed by atoms with E-state index in [4.69, 9.17) is 0 Å². The maximum Gasteiger partial charge on any atom is 0.251 e. The molecule has 0 aromatic heterocycles. The third-order valence-corrected chi connectivity index (χ3v) is 3.96. The smallest absolute Gasteiger partial charge is 0.251 e. The highest BCUT2D eigenvalue weighted by Crippen LogP contribution is 2.11. The van der Waals surface area contributed by atoms with Crippen LogP contribution in [-0.4, -0.2) is 36.1 Å². The molecule has 0 saturated carbocycles. The zero-order valence-electron chi connectivity index (χ0n) is 15.3. The van der Waals surface area contributed by atoms with Crippen molar-refractivity contribution in [1.29, 1.82) is 0 Å². The molecule has 1 aromatic rings. The number of carbonyl (C=O) groups excluding carboxylic acids is 2. The fourth-order valence-electron chi connectivity index (χ4n) is 1.99. The predicted octanol–water partition coefficient (Wildman–Crippen LogP) is 2.60. The SMILES string of the molecule is CCC(C)C(O)CNC(=O)c1ccc(C(=O)NCC(C)(C)C)cc1. The highest BCUT2D eigenvalue weighted by atomic mass is 16.3. The lowest BCUT2D eigenvalue weighted by molar-refractivity contribution is 0.0849. The highest BCUT2D eigenvalue weighted by Gasteiger charge is 2.15. The van der Waals surface area contributed by atoms with Crippen LogP contribution >= 0.6 is 0 Å². The maximum atomic E-state index is 12.1. The topological polar surface area (TPSA) is 78.4 Å². The molecule has 0 aliphatic rings. The van der Waals surface area contributed by atoms with Crippen molar-refractivity contribution in [3.8, 4) is 0 Å². The van der Waals surface area contributed by atoms with E-state index in [1.54, 1.807) is 24.3 Å². The zero-order chi connectivity index (χ0) is 18.3. The fourth-order valence-corrected chi connectivity index (χ4v) is 1.99. The molecule has 0 aliphatic heterocycles. The number of hydrogen-bond donors (Lipinski definition) is 3. The van der Waals surface area contributed by atoms with Gasteiger partial charge >= 0.3 is 0 Å². The summed E-state index contributed by atoms with van der Waals surface area (Å²) >= 11 is 0. The fraction of sp³-hybridized carbons (Fsp3) is 0.579.